The van der Waals surface area contributed by atoms with Crippen LogP contribution in [0, 0.1) is 6.92 Å². The highest BCUT2D eigenvalue weighted by Gasteiger charge is 2.38. The molecule has 8 aromatic carbocycles. The predicted molar refractivity (Wildman–Crippen MR) is 218 cm³/mol. The van der Waals surface area contributed by atoms with Crippen LogP contribution in [0.2, 0.25) is 0 Å². The van der Waals surface area contributed by atoms with Crippen molar-refractivity contribution in [2.45, 2.75) is 45.4 Å². The van der Waals surface area contributed by atoms with Crippen LogP contribution in [-0.2, 0) is 10.8 Å². The van der Waals surface area contributed by atoms with Crippen molar-refractivity contribution >= 4 is 21.5 Å². The van der Waals surface area contributed by atoms with E-state index in [0.717, 1.165) is 0 Å². The Morgan fingerprint density at radius 1 is 0.314 bits per heavy atom. The molecule has 0 bridgehead atoms. The number of aryl methyl sites for hydroxylation is 1. The molecule has 0 atom stereocenters. The fourth-order valence-electron chi connectivity index (χ4n) is 9.53. The van der Waals surface area contributed by atoms with E-state index < -0.39 is 0 Å². The van der Waals surface area contributed by atoms with Crippen LogP contribution < -0.4 is 0 Å². The van der Waals surface area contributed by atoms with Gasteiger partial charge in [-0.05, 0) is 118 Å². The quantitative estimate of drug-likeness (QED) is 0.167. The largest absolute Gasteiger partial charge is 0.0619 e. The summed E-state index contributed by atoms with van der Waals surface area (Å²) in [6.45, 7) is 11.7. The lowest BCUT2D eigenvalue weighted by atomic mass is 9.80. The normalized spacial score (nSPS) is 14.7. The summed E-state index contributed by atoms with van der Waals surface area (Å²) in [5.74, 6) is 0. The second-order valence-corrected chi connectivity index (χ2v) is 15.8. The van der Waals surface area contributed by atoms with E-state index in [0.29, 0.717) is 0 Å². The number of hydrogen-bond acceptors (Lipinski definition) is 0. The molecule has 0 amide bonds. The van der Waals surface area contributed by atoms with E-state index in [1.54, 1.807) is 0 Å². The van der Waals surface area contributed by atoms with Crippen LogP contribution in [0.4, 0.5) is 0 Å². The Morgan fingerprint density at radius 2 is 0.824 bits per heavy atom. The van der Waals surface area contributed by atoms with Crippen LogP contribution >= 0.6 is 0 Å². The van der Waals surface area contributed by atoms with Gasteiger partial charge in [0.1, 0.15) is 0 Å². The Balaban J connectivity index is 1.30. The molecule has 0 N–H and O–H groups in total. The highest BCUT2D eigenvalue weighted by Crippen LogP contribution is 2.55. The number of rotatable bonds is 3. The van der Waals surface area contributed by atoms with Gasteiger partial charge in [-0.15, -0.1) is 0 Å². The molecule has 0 aromatic heterocycles. The lowest BCUT2D eigenvalue weighted by Crippen LogP contribution is -2.14. The topological polar surface area (TPSA) is 0 Å². The van der Waals surface area contributed by atoms with Gasteiger partial charge in [-0.3, -0.25) is 0 Å². The van der Waals surface area contributed by atoms with E-state index in [-0.39, 0.29) is 10.8 Å². The van der Waals surface area contributed by atoms with Crippen molar-refractivity contribution in [3.8, 4) is 55.6 Å². The summed E-state index contributed by atoms with van der Waals surface area (Å²) in [6.07, 6.45) is 0. The molecule has 0 spiro atoms. The van der Waals surface area contributed by atoms with Gasteiger partial charge in [0.15, 0.2) is 0 Å². The molecule has 2 aliphatic carbocycles. The molecule has 0 aliphatic heterocycles. The maximum absolute atomic E-state index is 2.48. The van der Waals surface area contributed by atoms with Crippen LogP contribution in [0.25, 0.3) is 77.2 Å². The first-order valence-corrected chi connectivity index (χ1v) is 18.3. The van der Waals surface area contributed by atoms with E-state index >= 15 is 0 Å². The van der Waals surface area contributed by atoms with Crippen LogP contribution in [0.15, 0.2) is 152 Å². The van der Waals surface area contributed by atoms with E-state index in [9.17, 15) is 0 Å². The summed E-state index contributed by atoms with van der Waals surface area (Å²) < 4.78 is 0. The van der Waals surface area contributed by atoms with E-state index in [1.165, 1.54) is 105 Å². The molecular weight excluding hydrogens is 613 g/mol. The minimum atomic E-state index is -0.0741. The van der Waals surface area contributed by atoms with E-state index in [4.69, 9.17) is 0 Å². The van der Waals surface area contributed by atoms with Gasteiger partial charge in [-0.1, -0.05) is 173 Å². The van der Waals surface area contributed by atoms with Crippen LogP contribution in [0.1, 0.15) is 55.5 Å². The van der Waals surface area contributed by atoms with Crippen molar-refractivity contribution in [2.75, 3.05) is 0 Å². The third-order valence-electron chi connectivity index (χ3n) is 12.2. The molecule has 244 valence electrons. The Kier molecular flexibility index (Phi) is 6.29. The zero-order chi connectivity index (χ0) is 34.6. The molecule has 0 radical (unpaired) electrons. The molecule has 51 heavy (non-hydrogen) atoms. The molecule has 2 aliphatic rings. The summed E-state index contributed by atoms with van der Waals surface area (Å²) in [7, 11) is 0. The monoisotopic (exact) mass is 652 g/mol. The zero-order valence-corrected chi connectivity index (χ0v) is 29.9. The van der Waals surface area contributed by atoms with Gasteiger partial charge in [-0.2, -0.15) is 0 Å². The Hall–Kier alpha value is -5.72. The van der Waals surface area contributed by atoms with Crippen LogP contribution in [-0.4, -0.2) is 0 Å². The summed E-state index contributed by atoms with van der Waals surface area (Å²) in [4.78, 5) is 0. The van der Waals surface area contributed by atoms with Gasteiger partial charge in [0.2, 0.25) is 0 Å². The zero-order valence-electron chi connectivity index (χ0n) is 29.9. The Bertz CT molecular complexity index is 2740. The average molecular weight is 653 g/mol. The minimum absolute atomic E-state index is 0.0520. The summed E-state index contributed by atoms with van der Waals surface area (Å²) in [6, 6.07) is 57.5. The van der Waals surface area contributed by atoms with Crippen molar-refractivity contribution in [1.29, 1.82) is 0 Å². The second kappa shape index (κ2) is 10.6. The first-order valence-electron chi connectivity index (χ1n) is 18.3. The standard InChI is InChI=1S/C51H40/c1-31-21-23-32(24-22-31)47-37-14-6-7-15-38(37)48(41-17-12-20-45-49(41)40-16-9-11-19-44(40)50(45,2)3)42-29-33(26-28-39(42)47)34-25-27-36-35-13-8-10-18-43(35)51(4,5)46(36)30-34/h6-30H,1-5H3. The van der Waals surface area contributed by atoms with E-state index in [2.05, 4.69) is 186 Å². The molecule has 0 saturated carbocycles. The molecule has 10 rings (SSSR count). The van der Waals surface area contributed by atoms with Crippen molar-refractivity contribution in [3.05, 3.63) is 179 Å². The molecular formula is C51H40. The van der Waals surface area contributed by atoms with Gasteiger partial charge in [0, 0.05) is 10.8 Å². The van der Waals surface area contributed by atoms with E-state index in [1.807, 2.05) is 0 Å². The van der Waals surface area contributed by atoms with Crippen molar-refractivity contribution in [3.63, 3.8) is 0 Å². The smallest absolute Gasteiger partial charge is 0.0159 e. The highest BCUT2D eigenvalue weighted by molar-refractivity contribution is 6.23. The maximum atomic E-state index is 2.48. The molecule has 0 nitrogen and oxygen atoms in total. The molecule has 0 heterocycles. The third kappa shape index (κ3) is 4.20. The predicted octanol–water partition coefficient (Wildman–Crippen LogP) is 13.9. The van der Waals surface area contributed by atoms with Gasteiger partial charge < -0.3 is 0 Å². The van der Waals surface area contributed by atoms with Crippen molar-refractivity contribution in [2.24, 2.45) is 0 Å². The Morgan fingerprint density at radius 3 is 1.59 bits per heavy atom. The number of hydrogen-bond donors (Lipinski definition) is 0. The SMILES string of the molecule is Cc1ccc(-c2c3ccccc3c(-c3cccc4c3-c3ccccc3C4(C)C)c3cc(-c4ccc5c(c4)C(C)(C)c4ccccc4-5)ccc23)cc1. The van der Waals surface area contributed by atoms with Crippen LogP contribution in [0.3, 0.4) is 0 Å². The van der Waals surface area contributed by atoms with Gasteiger partial charge >= 0.3 is 0 Å². The molecule has 0 heteroatoms. The number of benzene rings is 8. The fourth-order valence-corrected chi connectivity index (χ4v) is 9.53. The third-order valence-corrected chi connectivity index (χ3v) is 12.2. The second-order valence-electron chi connectivity index (χ2n) is 15.8. The minimum Gasteiger partial charge on any atom is -0.0619 e. The number of fused-ring (bicyclic) bond motifs is 8. The lowest BCUT2D eigenvalue weighted by Gasteiger charge is -2.23. The van der Waals surface area contributed by atoms with Gasteiger partial charge in [0.05, 0.1) is 0 Å². The maximum Gasteiger partial charge on any atom is 0.0159 e. The van der Waals surface area contributed by atoms with Gasteiger partial charge in [-0.25, -0.2) is 0 Å². The Labute approximate surface area is 301 Å². The highest BCUT2D eigenvalue weighted by atomic mass is 14.4. The first kappa shape index (κ1) is 30.1. The molecule has 8 aromatic rings. The summed E-state index contributed by atoms with van der Waals surface area (Å²) in [5.41, 5.74) is 19.9. The molecule has 0 fully saturated rings. The lowest BCUT2D eigenvalue weighted by molar-refractivity contribution is 0.660. The fraction of sp³-hybridized carbons (Fsp3) is 0.137. The first-order chi connectivity index (χ1) is 24.7. The summed E-state index contributed by atoms with van der Waals surface area (Å²) in [5, 5.41) is 5.16. The molecule has 0 saturated heterocycles. The van der Waals surface area contributed by atoms with Gasteiger partial charge in [0.25, 0.3) is 0 Å². The van der Waals surface area contributed by atoms with Crippen molar-refractivity contribution < 1.29 is 0 Å². The molecule has 0 unspecified atom stereocenters. The van der Waals surface area contributed by atoms with Crippen LogP contribution in [0.5, 0.6) is 0 Å². The van der Waals surface area contributed by atoms with Crippen molar-refractivity contribution in [1.82, 2.24) is 0 Å². The average Bonchev–Trinajstić information content (AvgIpc) is 3.53. The summed E-state index contributed by atoms with van der Waals surface area (Å²) >= 11 is 0.